The Morgan fingerprint density at radius 3 is 2.28 bits per heavy atom. The molecule has 140 valence electrons. The molecule has 1 fully saturated rings. The number of nitrogens with zero attached hydrogens (tertiary/aromatic N) is 2. The number of aromatic nitrogens is 1. The van der Waals surface area contributed by atoms with Crippen LogP contribution in [0, 0.1) is 0 Å². The highest BCUT2D eigenvalue weighted by Gasteiger charge is 2.26. The minimum absolute atomic E-state index is 0.0255. The van der Waals surface area contributed by atoms with Gasteiger partial charge in [-0.25, -0.2) is 8.42 Å². The summed E-state index contributed by atoms with van der Waals surface area (Å²) in [4.78, 5) is 23.9. The Morgan fingerprint density at radius 1 is 1.12 bits per heavy atom. The van der Waals surface area contributed by atoms with E-state index in [1.165, 1.54) is 22.6 Å². The van der Waals surface area contributed by atoms with Crippen LogP contribution in [-0.4, -0.2) is 41.9 Å². The Hall–Kier alpha value is -1.67. The van der Waals surface area contributed by atoms with Gasteiger partial charge < -0.3 is 9.30 Å². The molecule has 0 bridgehead atoms. The molecule has 1 aromatic rings. The highest BCUT2D eigenvalue weighted by Crippen LogP contribution is 2.19. The molecule has 0 radical (unpaired) electrons. The van der Waals surface area contributed by atoms with E-state index in [9.17, 15) is 18.0 Å². The number of pyridine rings is 1. The van der Waals surface area contributed by atoms with E-state index in [1.807, 2.05) is 0 Å². The zero-order valence-electron chi connectivity index (χ0n) is 15.0. The van der Waals surface area contributed by atoms with Gasteiger partial charge in [-0.05, 0) is 39.7 Å². The largest absolute Gasteiger partial charge is 0.459 e. The number of hydrogen-bond donors (Lipinski definition) is 0. The third-order valence-corrected chi connectivity index (χ3v) is 5.76. The molecule has 1 aliphatic rings. The smallest absolute Gasteiger partial charge is 0.326 e. The fourth-order valence-electron chi connectivity index (χ4n) is 2.73. The number of rotatable bonds is 4. The summed E-state index contributed by atoms with van der Waals surface area (Å²) >= 11 is 0. The average Bonchev–Trinajstić information content (AvgIpc) is 2.77. The number of carbonyl (C=O) groups excluding carboxylic acids is 1. The molecule has 0 aromatic carbocycles. The first kappa shape index (κ1) is 19.7. The zero-order valence-corrected chi connectivity index (χ0v) is 15.8. The summed E-state index contributed by atoms with van der Waals surface area (Å²) in [6.45, 7) is 5.83. The van der Waals surface area contributed by atoms with Gasteiger partial charge in [-0.3, -0.25) is 9.59 Å². The highest BCUT2D eigenvalue weighted by atomic mass is 32.2. The molecule has 7 nitrogen and oxygen atoms in total. The van der Waals surface area contributed by atoms with Crippen LogP contribution in [0.3, 0.4) is 0 Å². The van der Waals surface area contributed by atoms with E-state index in [4.69, 9.17) is 4.74 Å². The summed E-state index contributed by atoms with van der Waals surface area (Å²) in [7, 11) is -3.67. The first-order valence-electron chi connectivity index (χ1n) is 8.52. The normalized spacial score (nSPS) is 17.1. The summed E-state index contributed by atoms with van der Waals surface area (Å²) in [5.41, 5.74) is -1.11. The molecule has 1 saturated heterocycles. The summed E-state index contributed by atoms with van der Waals surface area (Å²) in [6.07, 6.45) is 4.92. The van der Waals surface area contributed by atoms with Crippen molar-refractivity contribution in [2.45, 2.75) is 63.5 Å². The van der Waals surface area contributed by atoms with Crippen LogP contribution >= 0.6 is 0 Å². The average molecular weight is 370 g/mol. The number of hydrogen-bond acceptors (Lipinski definition) is 5. The van der Waals surface area contributed by atoms with Gasteiger partial charge in [-0.15, -0.1) is 0 Å². The Kier molecular flexibility index (Phi) is 6.05. The van der Waals surface area contributed by atoms with Crippen molar-refractivity contribution < 1.29 is 17.9 Å². The Labute approximate surface area is 148 Å². The predicted molar refractivity (Wildman–Crippen MR) is 93.8 cm³/mol. The van der Waals surface area contributed by atoms with Gasteiger partial charge in [0.05, 0.1) is 4.90 Å². The van der Waals surface area contributed by atoms with Crippen LogP contribution in [-0.2, 0) is 26.1 Å². The summed E-state index contributed by atoms with van der Waals surface area (Å²) in [6, 6.07) is 2.48. The first-order valence-corrected chi connectivity index (χ1v) is 9.96. The number of sulfonamides is 1. The van der Waals surface area contributed by atoms with E-state index in [0.717, 1.165) is 30.3 Å². The highest BCUT2D eigenvalue weighted by molar-refractivity contribution is 7.89. The van der Waals surface area contributed by atoms with Gasteiger partial charge in [0.25, 0.3) is 5.56 Å². The molecule has 1 aliphatic heterocycles. The van der Waals surface area contributed by atoms with Crippen LogP contribution in [0.2, 0.25) is 0 Å². The Balaban J connectivity index is 2.25. The molecule has 0 N–H and O–H groups in total. The molecule has 2 heterocycles. The molecule has 25 heavy (non-hydrogen) atoms. The van der Waals surface area contributed by atoms with Crippen LogP contribution < -0.4 is 5.56 Å². The van der Waals surface area contributed by atoms with Gasteiger partial charge in [-0.2, -0.15) is 4.31 Å². The van der Waals surface area contributed by atoms with Crippen LogP contribution in [0.25, 0.3) is 0 Å². The SMILES string of the molecule is CC(C)(C)OC(=O)Cn1cc(S(=O)(=O)N2CCCCCC2)ccc1=O. The predicted octanol–water partition coefficient (Wildman–Crippen LogP) is 1.75. The summed E-state index contributed by atoms with van der Waals surface area (Å²) in [5, 5.41) is 0. The zero-order chi connectivity index (χ0) is 18.7. The van der Waals surface area contributed by atoms with Crippen molar-refractivity contribution in [1.29, 1.82) is 0 Å². The fraction of sp³-hybridized carbons (Fsp3) is 0.647. The van der Waals surface area contributed by atoms with Gasteiger partial charge >= 0.3 is 5.97 Å². The van der Waals surface area contributed by atoms with E-state index in [2.05, 4.69) is 0 Å². The van der Waals surface area contributed by atoms with Gasteiger partial charge in [0, 0.05) is 25.4 Å². The lowest BCUT2D eigenvalue weighted by atomic mass is 10.2. The van der Waals surface area contributed by atoms with E-state index in [1.54, 1.807) is 20.8 Å². The quantitative estimate of drug-likeness (QED) is 0.754. The second-order valence-electron chi connectivity index (χ2n) is 7.24. The first-order chi connectivity index (χ1) is 11.6. The molecule has 0 atom stereocenters. The van der Waals surface area contributed by atoms with Crippen molar-refractivity contribution in [3.8, 4) is 0 Å². The van der Waals surface area contributed by atoms with Gasteiger partial charge in [-0.1, -0.05) is 12.8 Å². The lowest BCUT2D eigenvalue weighted by Crippen LogP contribution is -2.34. The Morgan fingerprint density at radius 2 is 1.72 bits per heavy atom. The van der Waals surface area contributed by atoms with Crippen molar-refractivity contribution in [1.82, 2.24) is 8.87 Å². The molecule has 2 rings (SSSR count). The molecular weight excluding hydrogens is 344 g/mol. The molecule has 0 unspecified atom stereocenters. The molecule has 1 aromatic heterocycles. The van der Waals surface area contributed by atoms with Crippen molar-refractivity contribution in [2.75, 3.05) is 13.1 Å². The molecule has 0 saturated carbocycles. The van der Waals surface area contributed by atoms with Crippen molar-refractivity contribution in [2.24, 2.45) is 0 Å². The topological polar surface area (TPSA) is 85.7 Å². The standard InChI is InChI=1S/C17H26N2O5S/c1-17(2,3)24-16(21)13-18-12-14(8-9-15(18)20)25(22,23)19-10-6-4-5-7-11-19/h8-9,12H,4-7,10-11,13H2,1-3H3. The van der Waals surface area contributed by atoms with Crippen LogP contribution in [0.1, 0.15) is 46.5 Å². The molecule has 8 heteroatoms. The minimum atomic E-state index is -3.67. The van der Waals surface area contributed by atoms with Crippen molar-refractivity contribution in [3.05, 3.63) is 28.7 Å². The van der Waals surface area contributed by atoms with Gasteiger partial charge in [0.1, 0.15) is 12.1 Å². The monoisotopic (exact) mass is 370 g/mol. The maximum atomic E-state index is 12.8. The van der Waals surface area contributed by atoms with Gasteiger partial charge in [0.15, 0.2) is 0 Å². The van der Waals surface area contributed by atoms with Crippen molar-refractivity contribution in [3.63, 3.8) is 0 Å². The van der Waals surface area contributed by atoms with Crippen LogP contribution in [0.5, 0.6) is 0 Å². The number of carbonyl (C=O) groups is 1. The summed E-state index contributed by atoms with van der Waals surface area (Å²) < 4.78 is 33.4. The van der Waals surface area contributed by atoms with E-state index >= 15 is 0 Å². The minimum Gasteiger partial charge on any atom is -0.459 e. The molecule has 0 spiro atoms. The van der Waals surface area contributed by atoms with Crippen molar-refractivity contribution >= 4 is 16.0 Å². The third-order valence-electron chi connectivity index (χ3n) is 3.88. The van der Waals surface area contributed by atoms with Gasteiger partial charge in [0.2, 0.25) is 10.0 Å². The van der Waals surface area contributed by atoms with Crippen LogP contribution in [0.15, 0.2) is 28.0 Å². The second-order valence-corrected chi connectivity index (χ2v) is 9.17. The second kappa shape index (κ2) is 7.70. The van der Waals surface area contributed by atoms with E-state index in [0.29, 0.717) is 13.1 Å². The van der Waals surface area contributed by atoms with Crippen LogP contribution in [0.4, 0.5) is 0 Å². The molecular formula is C17H26N2O5S. The number of esters is 1. The summed E-state index contributed by atoms with van der Waals surface area (Å²) in [5.74, 6) is -0.584. The Bertz CT molecular complexity index is 769. The van der Waals surface area contributed by atoms with E-state index in [-0.39, 0.29) is 11.4 Å². The fourth-order valence-corrected chi connectivity index (χ4v) is 4.27. The lowest BCUT2D eigenvalue weighted by Gasteiger charge is -2.21. The third kappa shape index (κ3) is 5.40. The maximum absolute atomic E-state index is 12.8. The maximum Gasteiger partial charge on any atom is 0.326 e. The lowest BCUT2D eigenvalue weighted by molar-refractivity contribution is -0.155. The molecule has 0 amide bonds. The molecule has 0 aliphatic carbocycles. The van der Waals surface area contributed by atoms with E-state index < -0.39 is 27.2 Å². The number of ether oxygens (including phenoxy) is 1.